The van der Waals surface area contributed by atoms with Crippen LogP contribution in [0.1, 0.15) is 12.0 Å². The van der Waals surface area contributed by atoms with E-state index in [9.17, 15) is 24.5 Å². The zero-order chi connectivity index (χ0) is 19.6. The summed E-state index contributed by atoms with van der Waals surface area (Å²) in [5.74, 6) is -1.49. The molecule has 140 valence electrons. The Hall–Kier alpha value is -3.14. The van der Waals surface area contributed by atoms with Crippen molar-refractivity contribution in [1.29, 1.82) is 0 Å². The fourth-order valence-corrected chi connectivity index (χ4v) is 3.82. The quantitative estimate of drug-likeness (QED) is 0.238. The lowest BCUT2D eigenvalue weighted by Gasteiger charge is -2.34. The van der Waals surface area contributed by atoms with Gasteiger partial charge in [-0.3, -0.25) is 19.8 Å². The molecule has 1 aromatic rings. The molecule has 1 atom stereocenters. The maximum absolute atomic E-state index is 12.5. The largest absolute Gasteiger partial charge is 0.466 e. The molecule has 1 aromatic carbocycles. The van der Waals surface area contributed by atoms with Gasteiger partial charge in [0.1, 0.15) is 12.3 Å². The summed E-state index contributed by atoms with van der Waals surface area (Å²) in [6, 6.07) is 5.60. The number of nitrogens with zero attached hydrogens (tertiary/aromatic N) is 2. The molecule has 0 bridgehead atoms. The van der Waals surface area contributed by atoms with Crippen molar-refractivity contribution in [3.05, 3.63) is 62.7 Å². The average molecular weight is 390 g/mol. The number of nitro benzene ring substituents is 1. The lowest BCUT2D eigenvalue weighted by atomic mass is 10.1. The van der Waals surface area contributed by atoms with E-state index in [4.69, 9.17) is 4.74 Å². The van der Waals surface area contributed by atoms with Crippen LogP contribution in [-0.2, 0) is 30.5 Å². The first-order valence-electron chi connectivity index (χ1n) is 7.80. The Kier molecular flexibility index (Phi) is 5.26. The van der Waals surface area contributed by atoms with Crippen molar-refractivity contribution in [3.63, 3.8) is 0 Å². The number of rotatable bonds is 6. The molecule has 1 amide bonds. The minimum absolute atomic E-state index is 0.0655. The van der Waals surface area contributed by atoms with E-state index >= 15 is 0 Å². The van der Waals surface area contributed by atoms with Crippen molar-refractivity contribution in [3.8, 4) is 0 Å². The second-order valence-corrected chi connectivity index (χ2v) is 6.83. The van der Waals surface area contributed by atoms with Crippen molar-refractivity contribution in [1.82, 2.24) is 4.90 Å². The molecule has 0 aliphatic carbocycles. The van der Waals surface area contributed by atoms with Gasteiger partial charge in [-0.05, 0) is 23.8 Å². The van der Waals surface area contributed by atoms with Crippen molar-refractivity contribution < 1.29 is 28.8 Å². The standard InChI is InChI=1S/C17H14N2O7S/c1-25-15(21)7-6-12-16(18-13(20)8-14(18)27-12)17(22)26-9-10-2-4-11(5-3-10)19(23)24/h2-7,14H,8-9H2,1H3/t14-/m1/s1. The lowest BCUT2D eigenvalue weighted by molar-refractivity contribution is -0.384. The SMILES string of the molecule is COC(=O)C=CC1=C(C(=O)OCc2ccc([N+](=O)[O-])cc2)N2C(=O)C[C@H]2S1. The van der Waals surface area contributed by atoms with Crippen LogP contribution in [0, 0.1) is 10.1 Å². The van der Waals surface area contributed by atoms with Crippen molar-refractivity contribution in [2.75, 3.05) is 7.11 Å². The van der Waals surface area contributed by atoms with Crippen LogP contribution in [0.4, 0.5) is 5.69 Å². The molecule has 10 heteroatoms. The van der Waals surface area contributed by atoms with Crippen molar-refractivity contribution >= 4 is 35.3 Å². The van der Waals surface area contributed by atoms with Gasteiger partial charge in [0.25, 0.3) is 5.69 Å². The minimum atomic E-state index is -0.707. The molecular weight excluding hydrogens is 376 g/mol. The number of allylic oxidation sites excluding steroid dienone is 1. The van der Waals surface area contributed by atoms with E-state index in [0.29, 0.717) is 16.9 Å². The zero-order valence-corrected chi connectivity index (χ0v) is 14.9. The van der Waals surface area contributed by atoms with E-state index in [1.807, 2.05) is 0 Å². The number of carbonyl (C=O) groups is 3. The molecule has 0 saturated carbocycles. The molecule has 0 spiro atoms. The number of methoxy groups -OCH3 is 1. The van der Waals surface area contributed by atoms with Crippen LogP contribution in [0.3, 0.4) is 0 Å². The molecule has 2 aliphatic heterocycles. The van der Waals surface area contributed by atoms with Gasteiger partial charge in [-0.2, -0.15) is 0 Å². The molecule has 2 aliphatic rings. The number of amides is 1. The molecule has 9 nitrogen and oxygen atoms in total. The number of hydrogen-bond donors (Lipinski definition) is 0. The normalized spacial score (nSPS) is 18.3. The monoisotopic (exact) mass is 390 g/mol. The molecule has 0 N–H and O–H groups in total. The van der Waals surface area contributed by atoms with Crippen molar-refractivity contribution in [2.45, 2.75) is 18.4 Å². The highest BCUT2D eigenvalue weighted by Crippen LogP contribution is 2.46. The lowest BCUT2D eigenvalue weighted by Crippen LogP contribution is -2.48. The first-order chi connectivity index (χ1) is 12.9. The van der Waals surface area contributed by atoms with Crippen LogP contribution >= 0.6 is 11.8 Å². The van der Waals surface area contributed by atoms with Crippen molar-refractivity contribution in [2.24, 2.45) is 0 Å². The summed E-state index contributed by atoms with van der Waals surface area (Å²) in [6.45, 7) is -0.105. The van der Waals surface area contributed by atoms with Gasteiger partial charge >= 0.3 is 11.9 Å². The van der Waals surface area contributed by atoms with Gasteiger partial charge in [0.05, 0.1) is 23.8 Å². The summed E-state index contributed by atoms with van der Waals surface area (Å²) in [5.41, 5.74) is 0.589. The van der Waals surface area contributed by atoms with Gasteiger partial charge in [0.2, 0.25) is 5.91 Å². The van der Waals surface area contributed by atoms with Crippen LogP contribution in [0.25, 0.3) is 0 Å². The number of esters is 2. The van der Waals surface area contributed by atoms with Crippen LogP contribution in [0.2, 0.25) is 0 Å². The molecule has 3 rings (SSSR count). The second kappa shape index (κ2) is 7.62. The Morgan fingerprint density at radius 2 is 2.07 bits per heavy atom. The molecule has 0 radical (unpaired) electrons. The van der Waals surface area contributed by atoms with Crippen LogP contribution in [-0.4, -0.2) is 40.2 Å². The minimum Gasteiger partial charge on any atom is -0.466 e. The Balaban J connectivity index is 1.73. The van der Waals surface area contributed by atoms with E-state index in [0.717, 1.165) is 0 Å². The molecule has 0 unspecified atom stereocenters. The first-order valence-corrected chi connectivity index (χ1v) is 8.68. The summed E-state index contributed by atoms with van der Waals surface area (Å²) >= 11 is 1.29. The Labute approximate surface area is 157 Å². The predicted molar refractivity (Wildman–Crippen MR) is 93.9 cm³/mol. The number of non-ortho nitro benzene ring substituents is 1. The smallest absolute Gasteiger partial charge is 0.356 e. The summed E-state index contributed by atoms with van der Waals surface area (Å²) in [6.07, 6.45) is 2.90. The predicted octanol–water partition coefficient (Wildman–Crippen LogP) is 1.88. The Morgan fingerprint density at radius 1 is 1.37 bits per heavy atom. The highest BCUT2D eigenvalue weighted by atomic mass is 32.2. The van der Waals surface area contributed by atoms with E-state index < -0.39 is 16.9 Å². The molecule has 2 heterocycles. The zero-order valence-electron chi connectivity index (χ0n) is 14.1. The Bertz CT molecular complexity index is 876. The second-order valence-electron chi connectivity index (χ2n) is 5.61. The van der Waals surface area contributed by atoms with E-state index in [2.05, 4.69) is 4.74 Å². The molecule has 27 heavy (non-hydrogen) atoms. The average Bonchev–Trinajstić information content (AvgIpc) is 2.96. The molecule has 1 fully saturated rings. The van der Waals surface area contributed by atoms with Crippen LogP contribution in [0.15, 0.2) is 47.0 Å². The molecule has 0 aromatic heterocycles. The summed E-state index contributed by atoms with van der Waals surface area (Å²) in [7, 11) is 1.24. The van der Waals surface area contributed by atoms with Crippen LogP contribution < -0.4 is 0 Å². The van der Waals surface area contributed by atoms with Gasteiger partial charge in [0, 0.05) is 23.1 Å². The highest BCUT2D eigenvalue weighted by molar-refractivity contribution is 8.04. The maximum atomic E-state index is 12.5. The summed E-state index contributed by atoms with van der Waals surface area (Å²) in [4.78, 5) is 47.6. The number of hydrogen-bond acceptors (Lipinski definition) is 8. The summed E-state index contributed by atoms with van der Waals surface area (Å²) < 4.78 is 9.78. The number of fused-ring (bicyclic) bond motifs is 1. The number of thioether (sulfide) groups is 1. The third-order valence-corrected chi connectivity index (χ3v) is 5.16. The van der Waals surface area contributed by atoms with Gasteiger partial charge in [-0.1, -0.05) is 11.8 Å². The van der Waals surface area contributed by atoms with Crippen LogP contribution in [0.5, 0.6) is 0 Å². The number of carbonyl (C=O) groups excluding carboxylic acids is 3. The summed E-state index contributed by atoms with van der Waals surface area (Å²) in [5, 5.41) is 10.5. The molecular formula is C17H14N2O7S. The van der Waals surface area contributed by atoms with Gasteiger partial charge < -0.3 is 9.47 Å². The number of ether oxygens (including phenoxy) is 2. The van der Waals surface area contributed by atoms with E-state index in [-0.39, 0.29) is 29.3 Å². The van der Waals surface area contributed by atoms with Gasteiger partial charge in [-0.25, -0.2) is 9.59 Å². The number of β-lactam (4-membered cyclic amide) rings is 1. The maximum Gasteiger partial charge on any atom is 0.356 e. The highest BCUT2D eigenvalue weighted by Gasteiger charge is 2.48. The Morgan fingerprint density at radius 3 is 2.67 bits per heavy atom. The van der Waals surface area contributed by atoms with Gasteiger partial charge in [0.15, 0.2) is 0 Å². The number of nitro groups is 1. The first kappa shape index (κ1) is 18.6. The third-order valence-electron chi connectivity index (χ3n) is 3.93. The number of benzene rings is 1. The third kappa shape index (κ3) is 3.85. The topological polar surface area (TPSA) is 116 Å². The fraction of sp³-hybridized carbons (Fsp3) is 0.235. The fourth-order valence-electron chi connectivity index (χ4n) is 2.53. The van der Waals surface area contributed by atoms with E-state index in [1.165, 1.54) is 60.2 Å². The molecule has 1 saturated heterocycles. The van der Waals surface area contributed by atoms with E-state index in [1.54, 1.807) is 0 Å². The van der Waals surface area contributed by atoms with Gasteiger partial charge in [-0.15, -0.1) is 0 Å².